The summed E-state index contributed by atoms with van der Waals surface area (Å²) in [6, 6.07) is 3.45. The molecule has 0 aromatic carbocycles. The molecular formula is C12H19NO3S. The van der Waals surface area contributed by atoms with E-state index in [0.717, 1.165) is 4.88 Å². The van der Waals surface area contributed by atoms with Crippen molar-refractivity contribution >= 4 is 17.4 Å². The van der Waals surface area contributed by atoms with Gasteiger partial charge in [-0.05, 0) is 32.2 Å². The molecule has 1 atom stereocenters. The Hall–Kier alpha value is -1.07. The number of likely N-dealkylation sites (N-methyl/N-ethyl adjacent to an activating group) is 1. The molecule has 0 spiro atoms. The van der Waals surface area contributed by atoms with Crippen LogP contribution in [-0.4, -0.2) is 35.4 Å². The summed E-state index contributed by atoms with van der Waals surface area (Å²) in [5.74, 6) is 0. The molecular weight excluding hydrogens is 238 g/mol. The standard InChI is InChI=1S/C12H19NO3S/c1-12(2,3)16-11(15)13(4)9(8-14)10-6-5-7-17-10/h5-7,9,14H,8H2,1-4H3. The Morgan fingerprint density at radius 1 is 1.59 bits per heavy atom. The number of hydrogen-bond acceptors (Lipinski definition) is 4. The zero-order valence-electron chi connectivity index (χ0n) is 10.6. The highest BCUT2D eigenvalue weighted by Crippen LogP contribution is 2.25. The van der Waals surface area contributed by atoms with Crippen LogP contribution < -0.4 is 0 Å². The van der Waals surface area contributed by atoms with Crippen molar-refractivity contribution in [3.05, 3.63) is 22.4 Å². The molecule has 1 rings (SSSR count). The fourth-order valence-corrected chi connectivity index (χ4v) is 2.21. The van der Waals surface area contributed by atoms with E-state index in [9.17, 15) is 9.90 Å². The van der Waals surface area contributed by atoms with Crippen molar-refractivity contribution in [2.45, 2.75) is 32.4 Å². The predicted octanol–water partition coefficient (Wildman–Crippen LogP) is 2.65. The molecule has 0 radical (unpaired) electrons. The van der Waals surface area contributed by atoms with Crippen molar-refractivity contribution in [3.63, 3.8) is 0 Å². The van der Waals surface area contributed by atoms with E-state index in [-0.39, 0.29) is 12.6 Å². The zero-order valence-corrected chi connectivity index (χ0v) is 11.5. The number of thiophene rings is 1. The molecule has 1 N–H and O–H groups in total. The zero-order chi connectivity index (χ0) is 13.1. The van der Waals surface area contributed by atoms with E-state index >= 15 is 0 Å². The molecule has 96 valence electrons. The lowest BCUT2D eigenvalue weighted by Gasteiger charge is -2.29. The molecule has 0 saturated carbocycles. The van der Waals surface area contributed by atoms with Crippen LogP contribution in [-0.2, 0) is 4.74 Å². The first kappa shape index (κ1) is 14.0. The van der Waals surface area contributed by atoms with Crippen molar-refractivity contribution in [1.29, 1.82) is 0 Å². The number of amides is 1. The third-order valence-corrected chi connectivity index (χ3v) is 3.17. The summed E-state index contributed by atoms with van der Waals surface area (Å²) in [5, 5.41) is 11.3. The summed E-state index contributed by atoms with van der Waals surface area (Å²) >= 11 is 1.51. The molecule has 17 heavy (non-hydrogen) atoms. The minimum Gasteiger partial charge on any atom is -0.444 e. The Balaban J connectivity index is 2.73. The van der Waals surface area contributed by atoms with Crippen LogP contribution in [0.5, 0.6) is 0 Å². The van der Waals surface area contributed by atoms with Gasteiger partial charge in [0.05, 0.1) is 12.6 Å². The summed E-state index contributed by atoms with van der Waals surface area (Å²) in [6.07, 6.45) is -0.426. The van der Waals surface area contributed by atoms with E-state index in [0.29, 0.717) is 0 Å². The van der Waals surface area contributed by atoms with Crippen LogP contribution in [0.1, 0.15) is 31.7 Å². The summed E-state index contributed by atoms with van der Waals surface area (Å²) in [4.78, 5) is 14.2. The lowest BCUT2D eigenvalue weighted by molar-refractivity contribution is 0.0163. The monoisotopic (exact) mass is 257 g/mol. The van der Waals surface area contributed by atoms with Gasteiger partial charge in [-0.15, -0.1) is 11.3 Å². The lowest BCUT2D eigenvalue weighted by atomic mass is 10.2. The molecule has 0 saturated heterocycles. The second-order valence-corrected chi connectivity index (χ2v) is 5.78. The molecule has 4 nitrogen and oxygen atoms in total. The van der Waals surface area contributed by atoms with Crippen LogP contribution in [0.15, 0.2) is 17.5 Å². The Morgan fingerprint density at radius 3 is 2.65 bits per heavy atom. The first-order valence-corrected chi connectivity index (χ1v) is 6.33. The summed E-state index contributed by atoms with van der Waals surface area (Å²) in [6.45, 7) is 5.34. The minimum absolute atomic E-state index is 0.115. The van der Waals surface area contributed by atoms with Crippen molar-refractivity contribution in [2.24, 2.45) is 0 Å². The average Bonchev–Trinajstić information content (AvgIpc) is 2.69. The maximum atomic E-state index is 11.9. The fourth-order valence-electron chi connectivity index (χ4n) is 1.35. The van der Waals surface area contributed by atoms with Crippen molar-refractivity contribution < 1.29 is 14.6 Å². The molecule has 0 bridgehead atoms. The normalized spacial score (nSPS) is 13.2. The molecule has 0 aliphatic rings. The lowest BCUT2D eigenvalue weighted by Crippen LogP contribution is -2.37. The van der Waals surface area contributed by atoms with Gasteiger partial charge < -0.3 is 14.7 Å². The van der Waals surface area contributed by atoms with Gasteiger partial charge in [0.15, 0.2) is 0 Å². The third kappa shape index (κ3) is 4.02. The van der Waals surface area contributed by atoms with E-state index in [1.807, 2.05) is 38.3 Å². The smallest absolute Gasteiger partial charge is 0.410 e. The van der Waals surface area contributed by atoms with Crippen molar-refractivity contribution in [3.8, 4) is 0 Å². The van der Waals surface area contributed by atoms with Crippen LogP contribution in [0, 0.1) is 0 Å². The topological polar surface area (TPSA) is 49.8 Å². The molecule has 1 amide bonds. The van der Waals surface area contributed by atoms with Gasteiger partial charge in [0.2, 0.25) is 0 Å². The van der Waals surface area contributed by atoms with Crippen molar-refractivity contribution in [1.82, 2.24) is 4.90 Å². The van der Waals surface area contributed by atoms with Gasteiger partial charge in [-0.1, -0.05) is 6.07 Å². The van der Waals surface area contributed by atoms with Gasteiger partial charge in [0.25, 0.3) is 0 Å². The SMILES string of the molecule is CN(C(=O)OC(C)(C)C)C(CO)c1cccs1. The molecule has 1 aromatic rings. The fraction of sp³-hybridized carbons (Fsp3) is 0.583. The first-order valence-electron chi connectivity index (χ1n) is 5.45. The molecule has 0 aliphatic carbocycles. The van der Waals surface area contributed by atoms with Gasteiger partial charge in [-0.25, -0.2) is 4.79 Å². The number of hydrogen-bond donors (Lipinski definition) is 1. The highest BCUT2D eigenvalue weighted by atomic mass is 32.1. The predicted molar refractivity (Wildman–Crippen MR) is 68.1 cm³/mol. The summed E-state index contributed by atoms with van der Waals surface area (Å²) < 4.78 is 5.26. The molecule has 1 unspecified atom stereocenters. The summed E-state index contributed by atoms with van der Waals surface area (Å²) in [7, 11) is 1.63. The van der Waals surface area contributed by atoms with Crippen molar-refractivity contribution in [2.75, 3.05) is 13.7 Å². The average molecular weight is 257 g/mol. The molecule has 1 aromatic heterocycles. The number of nitrogens with zero attached hydrogens (tertiary/aromatic N) is 1. The van der Waals surface area contributed by atoms with Gasteiger partial charge in [0, 0.05) is 11.9 Å². The quantitative estimate of drug-likeness (QED) is 0.905. The van der Waals surface area contributed by atoms with E-state index in [1.165, 1.54) is 16.2 Å². The number of carbonyl (C=O) groups excluding carboxylic acids is 1. The third-order valence-electron chi connectivity index (χ3n) is 2.19. The van der Waals surface area contributed by atoms with E-state index in [4.69, 9.17) is 4.74 Å². The maximum Gasteiger partial charge on any atom is 0.410 e. The molecule has 5 heteroatoms. The van der Waals surface area contributed by atoms with E-state index in [1.54, 1.807) is 7.05 Å². The number of aliphatic hydroxyl groups is 1. The van der Waals surface area contributed by atoms with E-state index < -0.39 is 11.7 Å². The second kappa shape index (κ2) is 5.51. The highest BCUT2D eigenvalue weighted by Gasteiger charge is 2.26. The Labute approximate surface area is 106 Å². The number of aliphatic hydroxyl groups excluding tert-OH is 1. The maximum absolute atomic E-state index is 11.9. The Kier molecular flexibility index (Phi) is 4.54. The summed E-state index contributed by atoms with van der Waals surface area (Å²) in [5.41, 5.74) is -0.527. The van der Waals surface area contributed by atoms with Crippen LogP contribution in [0.3, 0.4) is 0 Å². The second-order valence-electron chi connectivity index (χ2n) is 4.81. The number of rotatable bonds is 3. The molecule has 1 heterocycles. The Morgan fingerprint density at radius 2 is 2.24 bits per heavy atom. The molecule has 0 fully saturated rings. The van der Waals surface area contributed by atoms with Gasteiger partial charge >= 0.3 is 6.09 Å². The number of ether oxygens (including phenoxy) is 1. The van der Waals surface area contributed by atoms with Gasteiger partial charge in [-0.2, -0.15) is 0 Å². The van der Waals surface area contributed by atoms with Gasteiger partial charge in [0.1, 0.15) is 5.60 Å². The Bertz CT molecular complexity index is 356. The first-order chi connectivity index (χ1) is 7.85. The largest absolute Gasteiger partial charge is 0.444 e. The van der Waals surface area contributed by atoms with Crippen LogP contribution in [0.4, 0.5) is 4.79 Å². The van der Waals surface area contributed by atoms with E-state index in [2.05, 4.69) is 0 Å². The highest BCUT2D eigenvalue weighted by molar-refractivity contribution is 7.10. The van der Waals surface area contributed by atoms with Crippen LogP contribution in [0.25, 0.3) is 0 Å². The number of carbonyl (C=O) groups is 1. The van der Waals surface area contributed by atoms with Crippen LogP contribution >= 0.6 is 11.3 Å². The molecule has 0 aliphatic heterocycles. The van der Waals surface area contributed by atoms with Gasteiger partial charge in [-0.3, -0.25) is 0 Å². The van der Waals surface area contributed by atoms with Crippen LogP contribution in [0.2, 0.25) is 0 Å². The minimum atomic E-state index is -0.527.